The van der Waals surface area contributed by atoms with Crippen LogP contribution < -0.4 is 10.2 Å². The second-order valence-electron chi connectivity index (χ2n) is 9.58. The van der Waals surface area contributed by atoms with Crippen molar-refractivity contribution in [1.29, 1.82) is 0 Å². The van der Waals surface area contributed by atoms with E-state index in [1.54, 1.807) is 36.4 Å². The van der Waals surface area contributed by atoms with Crippen LogP contribution in [0.4, 0.5) is 14.9 Å². The molecule has 1 aliphatic heterocycles. The number of hydrogen-bond donors (Lipinski definition) is 2. The first-order chi connectivity index (χ1) is 19.5. The molecule has 0 radical (unpaired) electrons. The molecule has 200 valence electrons. The van der Waals surface area contributed by atoms with Gasteiger partial charge in [-0.15, -0.1) is 5.10 Å². The lowest BCUT2D eigenvalue weighted by molar-refractivity contribution is -0.121. The summed E-state index contributed by atoms with van der Waals surface area (Å²) in [5.74, 6) is -0.959. The standard InChI is InChI=1S/C30H24FN5O4/c31-25-15-21(10-11-23(25)24-6-3-7-26-29(24)34-35-33-26)36-17-22(40-30(36)39)16-32-28(38)13-12-27(37)20-9-8-18-4-1-2-5-19(18)14-20/h1-11,14-15,22H,12-13,16-17H2,(H,32,38)(H,33,34,35)/t22-/m0/s1. The molecule has 0 bridgehead atoms. The molecule has 6 rings (SSSR count). The third-order valence-electron chi connectivity index (χ3n) is 6.96. The SMILES string of the molecule is O=C(CCC(=O)c1ccc2ccccc2c1)NC[C@H]1CN(c2ccc(-c3cccc4[nH]nnc34)c(F)c2)C(=O)O1. The number of rotatable bonds is 8. The molecule has 0 spiro atoms. The molecule has 10 heteroatoms. The van der Waals surface area contributed by atoms with E-state index in [0.29, 0.717) is 33.4 Å². The van der Waals surface area contributed by atoms with Gasteiger partial charge >= 0.3 is 6.09 Å². The normalized spacial score (nSPS) is 15.0. The summed E-state index contributed by atoms with van der Waals surface area (Å²) in [6, 6.07) is 23.1. The number of aromatic amines is 1. The van der Waals surface area contributed by atoms with Crippen LogP contribution in [-0.4, -0.2) is 52.4 Å². The summed E-state index contributed by atoms with van der Waals surface area (Å²) in [7, 11) is 0. The van der Waals surface area contributed by atoms with Crippen LogP contribution >= 0.6 is 0 Å². The molecule has 2 amide bonds. The Morgan fingerprint density at radius 2 is 1.82 bits per heavy atom. The summed E-state index contributed by atoms with van der Waals surface area (Å²) in [4.78, 5) is 38.8. The molecule has 1 aromatic heterocycles. The number of cyclic esters (lactones) is 1. The fraction of sp³-hybridized carbons (Fsp3) is 0.167. The highest BCUT2D eigenvalue weighted by Gasteiger charge is 2.33. The van der Waals surface area contributed by atoms with Crippen molar-refractivity contribution in [1.82, 2.24) is 20.7 Å². The molecule has 9 nitrogen and oxygen atoms in total. The van der Waals surface area contributed by atoms with Crippen LogP contribution in [0.5, 0.6) is 0 Å². The zero-order chi connectivity index (χ0) is 27.6. The number of H-pyrrole nitrogens is 1. The molecule has 0 aliphatic carbocycles. The number of nitrogens with zero attached hydrogens (tertiary/aromatic N) is 3. The molecular weight excluding hydrogens is 513 g/mol. The second-order valence-corrected chi connectivity index (χ2v) is 9.58. The summed E-state index contributed by atoms with van der Waals surface area (Å²) >= 11 is 0. The number of amides is 2. The maximum absolute atomic E-state index is 15.1. The Balaban J connectivity index is 1.03. The first-order valence-electron chi connectivity index (χ1n) is 12.8. The summed E-state index contributed by atoms with van der Waals surface area (Å²) in [5, 5.41) is 15.3. The van der Waals surface area contributed by atoms with Crippen molar-refractivity contribution in [3.05, 3.63) is 90.2 Å². The first kappa shape index (κ1) is 25.2. The predicted molar refractivity (Wildman–Crippen MR) is 147 cm³/mol. The first-order valence-corrected chi connectivity index (χ1v) is 12.8. The Morgan fingerprint density at radius 1 is 0.975 bits per heavy atom. The second kappa shape index (κ2) is 10.6. The van der Waals surface area contributed by atoms with Crippen molar-refractivity contribution < 1.29 is 23.5 Å². The lowest BCUT2D eigenvalue weighted by Crippen LogP contribution is -2.34. The van der Waals surface area contributed by atoms with Crippen molar-refractivity contribution in [2.75, 3.05) is 18.0 Å². The van der Waals surface area contributed by atoms with E-state index in [1.165, 1.54) is 11.0 Å². The Morgan fingerprint density at radius 3 is 2.67 bits per heavy atom. The fourth-order valence-corrected chi connectivity index (χ4v) is 4.87. The van der Waals surface area contributed by atoms with Crippen LogP contribution in [-0.2, 0) is 9.53 Å². The molecule has 1 saturated heterocycles. The van der Waals surface area contributed by atoms with Gasteiger partial charge in [0.15, 0.2) is 5.78 Å². The van der Waals surface area contributed by atoms with Gasteiger partial charge in [-0.25, -0.2) is 9.18 Å². The maximum Gasteiger partial charge on any atom is 0.414 e. The van der Waals surface area contributed by atoms with Crippen molar-refractivity contribution in [2.45, 2.75) is 18.9 Å². The zero-order valence-corrected chi connectivity index (χ0v) is 21.3. The van der Waals surface area contributed by atoms with E-state index >= 15 is 4.39 Å². The Labute approximate surface area is 227 Å². The van der Waals surface area contributed by atoms with Crippen LogP contribution in [0.1, 0.15) is 23.2 Å². The molecule has 40 heavy (non-hydrogen) atoms. The number of aromatic nitrogens is 3. The van der Waals surface area contributed by atoms with Gasteiger partial charge in [-0.1, -0.05) is 53.7 Å². The Kier molecular flexibility index (Phi) is 6.65. The number of ether oxygens (including phenoxy) is 1. The van der Waals surface area contributed by atoms with Gasteiger partial charge in [0.05, 0.1) is 24.3 Å². The van der Waals surface area contributed by atoms with Gasteiger partial charge in [0.2, 0.25) is 5.91 Å². The van der Waals surface area contributed by atoms with Crippen LogP contribution in [0.2, 0.25) is 0 Å². The number of halogens is 1. The van der Waals surface area contributed by atoms with E-state index in [4.69, 9.17) is 4.74 Å². The van der Waals surface area contributed by atoms with E-state index in [9.17, 15) is 14.4 Å². The van der Waals surface area contributed by atoms with Crippen molar-refractivity contribution >= 4 is 45.3 Å². The van der Waals surface area contributed by atoms with Crippen LogP contribution in [0.25, 0.3) is 32.9 Å². The highest BCUT2D eigenvalue weighted by atomic mass is 19.1. The number of fused-ring (bicyclic) bond motifs is 2. The third-order valence-corrected chi connectivity index (χ3v) is 6.96. The van der Waals surface area contributed by atoms with Crippen molar-refractivity contribution in [3.8, 4) is 11.1 Å². The Hall–Kier alpha value is -5.12. The van der Waals surface area contributed by atoms with Crippen molar-refractivity contribution in [2.24, 2.45) is 0 Å². The van der Waals surface area contributed by atoms with Gasteiger partial charge in [0.25, 0.3) is 0 Å². The monoisotopic (exact) mass is 537 g/mol. The average Bonchev–Trinajstić information content (AvgIpc) is 3.61. The molecular formula is C30H24FN5O4. The number of ketones is 1. The highest BCUT2D eigenvalue weighted by Crippen LogP contribution is 2.32. The predicted octanol–water partition coefficient (Wildman–Crippen LogP) is 5.02. The van der Waals surface area contributed by atoms with E-state index < -0.39 is 18.0 Å². The molecule has 2 heterocycles. The average molecular weight is 538 g/mol. The number of hydrogen-bond acceptors (Lipinski definition) is 6. The molecule has 0 saturated carbocycles. The highest BCUT2D eigenvalue weighted by molar-refractivity contribution is 6.01. The van der Waals surface area contributed by atoms with Gasteiger partial charge in [0.1, 0.15) is 17.4 Å². The fourth-order valence-electron chi connectivity index (χ4n) is 4.87. The number of anilines is 1. The smallest absolute Gasteiger partial charge is 0.414 e. The molecule has 1 atom stereocenters. The van der Waals surface area contributed by atoms with E-state index in [0.717, 1.165) is 10.8 Å². The summed E-state index contributed by atoms with van der Waals surface area (Å²) in [6.07, 6.45) is -1.16. The molecule has 0 unspecified atom stereocenters. The van der Waals surface area contributed by atoms with Gasteiger partial charge in [0, 0.05) is 29.5 Å². The van der Waals surface area contributed by atoms with E-state index in [-0.39, 0.29) is 37.6 Å². The van der Waals surface area contributed by atoms with E-state index in [2.05, 4.69) is 20.7 Å². The Bertz CT molecular complexity index is 1770. The largest absolute Gasteiger partial charge is 0.442 e. The zero-order valence-electron chi connectivity index (χ0n) is 21.3. The van der Waals surface area contributed by atoms with Gasteiger partial charge < -0.3 is 10.1 Å². The summed E-state index contributed by atoms with van der Waals surface area (Å²) in [5.41, 5.74) is 3.05. The summed E-state index contributed by atoms with van der Waals surface area (Å²) in [6.45, 7) is 0.229. The van der Waals surface area contributed by atoms with E-state index in [1.807, 2.05) is 36.4 Å². The van der Waals surface area contributed by atoms with Crippen LogP contribution in [0.3, 0.4) is 0 Å². The summed E-state index contributed by atoms with van der Waals surface area (Å²) < 4.78 is 20.5. The van der Waals surface area contributed by atoms with Gasteiger partial charge in [-0.3, -0.25) is 19.6 Å². The number of carbonyl (C=O) groups excluding carboxylic acids is 3. The number of nitrogens with one attached hydrogen (secondary N) is 2. The van der Waals surface area contributed by atoms with Gasteiger partial charge in [-0.05, 0) is 41.1 Å². The van der Waals surface area contributed by atoms with Crippen molar-refractivity contribution in [3.63, 3.8) is 0 Å². The molecule has 2 N–H and O–H groups in total. The van der Waals surface area contributed by atoms with Crippen LogP contribution in [0.15, 0.2) is 78.9 Å². The minimum Gasteiger partial charge on any atom is -0.442 e. The molecule has 5 aromatic rings. The quantitative estimate of drug-likeness (QED) is 0.269. The topological polar surface area (TPSA) is 117 Å². The lowest BCUT2D eigenvalue weighted by Gasteiger charge is -2.15. The molecule has 4 aromatic carbocycles. The number of carbonyl (C=O) groups is 3. The third kappa shape index (κ3) is 4.98. The molecule has 1 fully saturated rings. The minimum atomic E-state index is -0.628. The number of Topliss-reactive ketones (excluding diaryl/α,β-unsaturated/α-hetero) is 1. The number of benzene rings is 4. The van der Waals surface area contributed by atoms with Gasteiger partial charge in [-0.2, -0.15) is 0 Å². The maximum atomic E-state index is 15.1. The molecule has 1 aliphatic rings. The van der Waals surface area contributed by atoms with Crippen LogP contribution in [0, 0.1) is 5.82 Å². The minimum absolute atomic E-state index is 0.0149. The lowest BCUT2D eigenvalue weighted by atomic mass is 10.0.